The Kier molecular flexibility index (Phi) is 2.96. The summed E-state index contributed by atoms with van der Waals surface area (Å²) in [7, 11) is 0. The first-order valence-electron chi connectivity index (χ1n) is 8.10. The van der Waals surface area contributed by atoms with E-state index >= 15 is 0 Å². The lowest BCUT2D eigenvalue weighted by Gasteiger charge is -2.41. The molecule has 2 atom stereocenters. The Morgan fingerprint density at radius 1 is 1.29 bits per heavy atom. The van der Waals surface area contributed by atoms with Gasteiger partial charge in [0.05, 0.1) is 11.4 Å². The van der Waals surface area contributed by atoms with Gasteiger partial charge in [0.15, 0.2) is 0 Å². The zero-order valence-corrected chi connectivity index (χ0v) is 12.9. The van der Waals surface area contributed by atoms with Crippen molar-refractivity contribution < 1.29 is 4.79 Å². The summed E-state index contributed by atoms with van der Waals surface area (Å²) in [5.74, 6) is 0.772. The number of benzene rings is 1. The molecule has 3 aliphatic rings. The Morgan fingerprint density at radius 3 is 2.90 bits per heavy atom. The third kappa shape index (κ3) is 1.81. The Morgan fingerprint density at radius 2 is 2.14 bits per heavy atom. The molecule has 1 saturated heterocycles. The highest BCUT2D eigenvalue weighted by atomic mass is 16.2. The number of rotatable bonds is 1. The number of fused-ring (bicyclic) bond motifs is 3. The number of likely N-dealkylation sites (tertiary alicyclic amines) is 1. The number of piperidine rings is 1. The van der Waals surface area contributed by atoms with E-state index in [0.29, 0.717) is 12.0 Å². The van der Waals surface area contributed by atoms with Crippen LogP contribution in [0.2, 0.25) is 0 Å². The van der Waals surface area contributed by atoms with Crippen LogP contribution in [0.15, 0.2) is 18.2 Å². The minimum atomic E-state index is 0.160. The molecule has 1 aromatic carbocycles. The molecular formula is C17H23N3O. The Hall–Kier alpha value is -1.55. The van der Waals surface area contributed by atoms with Crippen LogP contribution in [0.25, 0.3) is 0 Å². The second kappa shape index (κ2) is 4.73. The molecule has 112 valence electrons. The highest BCUT2D eigenvalue weighted by Gasteiger charge is 2.44. The van der Waals surface area contributed by atoms with Crippen molar-refractivity contribution in [2.45, 2.75) is 32.2 Å². The minimum Gasteiger partial charge on any atom is -0.364 e. The number of hydrogen-bond acceptors (Lipinski definition) is 3. The molecule has 1 aromatic rings. The lowest BCUT2D eigenvalue weighted by Crippen LogP contribution is -2.50. The van der Waals surface area contributed by atoms with E-state index in [2.05, 4.69) is 34.9 Å². The van der Waals surface area contributed by atoms with Gasteiger partial charge in [-0.3, -0.25) is 4.79 Å². The van der Waals surface area contributed by atoms with E-state index in [0.717, 1.165) is 31.9 Å². The quantitative estimate of drug-likeness (QED) is 0.790. The summed E-state index contributed by atoms with van der Waals surface area (Å²) >= 11 is 0. The maximum atomic E-state index is 11.9. The van der Waals surface area contributed by atoms with Crippen molar-refractivity contribution in [3.8, 4) is 0 Å². The van der Waals surface area contributed by atoms with E-state index in [4.69, 9.17) is 0 Å². The molecule has 21 heavy (non-hydrogen) atoms. The van der Waals surface area contributed by atoms with Crippen LogP contribution in [-0.2, 0) is 4.79 Å². The van der Waals surface area contributed by atoms with Crippen LogP contribution in [0.1, 0.15) is 31.7 Å². The maximum absolute atomic E-state index is 11.9. The smallest absolute Gasteiger partial charge is 0.223 e. The minimum absolute atomic E-state index is 0.160. The Bertz CT molecular complexity index is 585. The highest BCUT2D eigenvalue weighted by molar-refractivity contribution is 5.98. The van der Waals surface area contributed by atoms with Gasteiger partial charge >= 0.3 is 0 Å². The molecule has 0 aromatic heterocycles. The number of para-hydroxylation sites is 1. The monoisotopic (exact) mass is 285 g/mol. The molecule has 1 amide bonds. The molecular weight excluding hydrogens is 262 g/mol. The van der Waals surface area contributed by atoms with Gasteiger partial charge in [-0.15, -0.1) is 0 Å². The van der Waals surface area contributed by atoms with Crippen molar-refractivity contribution in [2.24, 2.45) is 0 Å². The van der Waals surface area contributed by atoms with Crippen molar-refractivity contribution in [3.05, 3.63) is 23.8 Å². The van der Waals surface area contributed by atoms with Gasteiger partial charge in [0, 0.05) is 45.1 Å². The SMILES string of the molecule is CCN1CCC2C(C1)c1cccc3c1N2CCN3C(C)=O. The molecule has 0 aliphatic carbocycles. The van der Waals surface area contributed by atoms with Crippen molar-refractivity contribution in [1.82, 2.24) is 4.90 Å². The van der Waals surface area contributed by atoms with Crippen LogP contribution < -0.4 is 9.80 Å². The predicted octanol–water partition coefficient (Wildman–Crippen LogP) is 2.05. The number of amides is 1. The van der Waals surface area contributed by atoms with E-state index in [-0.39, 0.29) is 5.91 Å². The molecule has 0 N–H and O–H groups in total. The summed E-state index contributed by atoms with van der Waals surface area (Å²) in [6.07, 6.45) is 1.24. The summed E-state index contributed by atoms with van der Waals surface area (Å²) in [5.41, 5.74) is 3.93. The molecule has 4 heteroatoms. The first kappa shape index (κ1) is 13.1. The van der Waals surface area contributed by atoms with Crippen LogP contribution in [0.3, 0.4) is 0 Å². The molecule has 2 unspecified atom stereocenters. The molecule has 4 nitrogen and oxygen atoms in total. The van der Waals surface area contributed by atoms with E-state index in [9.17, 15) is 4.79 Å². The fraction of sp³-hybridized carbons (Fsp3) is 0.588. The third-order valence-corrected chi connectivity index (χ3v) is 5.48. The number of likely N-dealkylation sites (N-methyl/N-ethyl adjacent to an activating group) is 1. The fourth-order valence-corrected chi connectivity index (χ4v) is 4.45. The van der Waals surface area contributed by atoms with E-state index in [1.165, 1.54) is 24.2 Å². The number of carbonyl (C=O) groups excluding carboxylic acids is 1. The summed E-state index contributed by atoms with van der Waals surface area (Å²) < 4.78 is 0. The predicted molar refractivity (Wildman–Crippen MR) is 85.1 cm³/mol. The molecule has 0 bridgehead atoms. The molecule has 0 saturated carbocycles. The van der Waals surface area contributed by atoms with Crippen LogP contribution >= 0.6 is 0 Å². The molecule has 4 rings (SSSR count). The number of anilines is 2. The number of carbonyl (C=O) groups is 1. The van der Waals surface area contributed by atoms with Crippen LogP contribution in [-0.4, -0.2) is 49.6 Å². The summed E-state index contributed by atoms with van der Waals surface area (Å²) in [6.45, 7) is 9.24. The topological polar surface area (TPSA) is 26.8 Å². The molecule has 3 heterocycles. The van der Waals surface area contributed by atoms with Gasteiger partial charge in [-0.05, 0) is 24.6 Å². The van der Waals surface area contributed by atoms with E-state index in [1.807, 2.05) is 4.90 Å². The summed E-state index contributed by atoms with van der Waals surface area (Å²) in [6, 6.07) is 7.15. The Balaban J connectivity index is 1.79. The first-order chi connectivity index (χ1) is 10.2. The maximum Gasteiger partial charge on any atom is 0.223 e. The second-order valence-corrected chi connectivity index (χ2v) is 6.43. The van der Waals surface area contributed by atoms with Crippen LogP contribution in [0.5, 0.6) is 0 Å². The first-order valence-corrected chi connectivity index (χ1v) is 8.10. The van der Waals surface area contributed by atoms with Crippen molar-refractivity contribution in [2.75, 3.05) is 42.5 Å². The average molecular weight is 285 g/mol. The van der Waals surface area contributed by atoms with Gasteiger partial charge in [0.2, 0.25) is 5.91 Å². The third-order valence-electron chi connectivity index (χ3n) is 5.48. The second-order valence-electron chi connectivity index (χ2n) is 6.43. The van der Waals surface area contributed by atoms with E-state index in [1.54, 1.807) is 6.92 Å². The van der Waals surface area contributed by atoms with Gasteiger partial charge < -0.3 is 14.7 Å². The number of hydrogen-bond donors (Lipinski definition) is 0. The molecule has 0 radical (unpaired) electrons. The molecule has 3 aliphatic heterocycles. The lowest BCUT2D eigenvalue weighted by atomic mass is 9.89. The van der Waals surface area contributed by atoms with Crippen molar-refractivity contribution in [3.63, 3.8) is 0 Å². The largest absolute Gasteiger partial charge is 0.364 e. The highest BCUT2D eigenvalue weighted by Crippen LogP contribution is 2.50. The molecule has 1 fully saturated rings. The van der Waals surface area contributed by atoms with Gasteiger partial charge in [0.1, 0.15) is 0 Å². The van der Waals surface area contributed by atoms with Crippen LogP contribution in [0, 0.1) is 0 Å². The van der Waals surface area contributed by atoms with Gasteiger partial charge in [0.25, 0.3) is 0 Å². The zero-order valence-electron chi connectivity index (χ0n) is 12.9. The zero-order chi connectivity index (χ0) is 14.6. The Labute approximate surface area is 126 Å². The fourth-order valence-electron chi connectivity index (χ4n) is 4.45. The van der Waals surface area contributed by atoms with Crippen molar-refractivity contribution >= 4 is 17.3 Å². The molecule has 0 spiro atoms. The summed E-state index contributed by atoms with van der Waals surface area (Å²) in [5, 5.41) is 0. The number of nitrogens with zero attached hydrogens (tertiary/aromatic N) is 3. The normalized spacial score (nSPS) is 27.5. The van der Waals surface area contributed by atoms with E-state index < -0.39 is 0 Å². The van der Waals surface area contributed by atoms with Gasteiger partial charge in [-0.2, -0.15) is 0 Å². The average Bonchev–Trinajstić information content (AvgIpc) is 2.83. The van der Waals surface area contributed by atoms with Crippen LogP contribution in [0.4, 0.5) is 11.4 Å². The van der Waals surface area contributed by atoms with Gasteiger partial charge in [-0.1, -0.05) is 19.1 Å². The van der Waals surface area contributed by atoms with Gasteiger partial charge in [-0.25, -0.2) is 0 Å². The standard InChI is InChI=1S/C17H23N3O/c1-3-18-8-7-15-14(11-18)13-5-4-6-16-17(13)20(15)10-9-19(16)12(2)21/h4-6,14-15H,3,7-11H2,1-2H3. The lowest BCUT2D eigenvalue weighted by molar-refractivity contribution is -0.116. The van der Waals surface area contributed by atoms with Crippen molar-refractivity contribution in [1.29, 1.82) is 0 Å². The summed E-state index contributed by atoms with van der Waals surface area (Å²) in [4.78, 5) is 19.0.